The van der Waals surface area contributed by atoms with Crippen LogP contribution >= 0.6 is 19.0 Å². The van der Waals surface area contributed by atoms with E-state index in [0.29, 0.717) is 24.1 Å². The highest BCUT2D eigenvalue weighted by Gasteiger charge is 2.34. The maximum absolute atomic E-state index is 12.7. The predicted molar refractivity (Wildman–Crippen MR) is 97.3 cm³/mol. The molecule has 0 saturated carbocycles. The van der Waals surface area contributed by atoms with Crippen molar-refractivity contribution in [3.8, 4) is 5.75 Å². The van der Waals surface area contributed by atoms with Crippen molar-refractivity contribution in [1.29, 1.82) is 0 Å². The van der Waals surface area contributed by atoms with Crippen LogP contribution in [0.15, 0.2) is 24.4 Å². The third kappa shape index (κ3) is 5.82. The van der Waals surface area contributed by atoms with Crippen molar-refractivity contribution in [3.05, 3.63) is 40.7 Å². The maximum atomic E-state index is 12.7. The number of alkyl halides is 3. The largest absolute Gasteiger partial charge is 0.495 e. The van der Waals surface area contributed by atoms with Crippen LogP contribution < -0.4 is 10.1 Å². The fourth-order valence-corrected chi connectivity index (χ4v) is 3.35. The van der Waals surface area contributed by atoms with E-state index in [4.69, 9.17) is 16.3 Å². The lowest BCUT2D eigenvalue weighted by atomic mass is 10.1. The molecule has 0 amide bonds. The standard InChI is InChI=1S/C16H18ClF3N3O3P/c1-3-27(24,25)7-6-10-4-5-12(13(8-10)26-2)22-15-21-9-11(14(17)23-15)16(18,19)20/h4-5,8-9H,3,6-7H2,1-2H3,(H,24,25)(H,21,22,23). The molecule has 0 radical (unpaired) electrons. The Labute approximate surface area is 159 Å². The minimum atomic E-state index is -4.64. The van der Waals surface area contributed by atoms with Crippen LogP contribution in [0.25, 0.3) is 0 Å². The Kier molecular flexibility index (Phi) is 6.72. The van der Waals surface area contributed by atoms with E-state index in [2.05, 4.69) is 15.3 Å². The number of ether oxygens (including phenoxy) is 1. The van der Waals surface area contributed by atoms with E-state index in [0.717, 1.165) is 5.56 Å². The summed E-state index contributed by atoms with van der Waals surface area (Å²) in [4.78, 5) is 16.9. The lowest BCUT2D eigenvalue weighted by Gasteiger charge is -2.14. The van der Waals surface area contributed by atoms with Crippen molar-refractivity contribution in [2.45, 2.75) is 19.5 Å². The van der Waals surface area contributed by atoms with Gasteiger partial charge in [-0.15, -0.1) is 0 Å². The lowest BCUT2D eigenvalue weighted by Crippen LogP contribution is -2.09. The first-order valence-corrected chi connectivity index (χ1v) is 10.3. The zero-order chi connectivity index (χ0) is 20.2. The first kappa shape index (κ1) is 21.5. The van der Waals surface area contributed by atoms with E-state index >= 15 is 0 Å². The number of aromatic nitrogens is 2. The maximum Gasteiger partial charge on any atom is 0.420 e. The van der Waals surface area contributed by atoms with Gasteiger partial charge in [0.1, 0.15) is 16.5 Å². The Morgan fingerprint density at radius 1 is 1.37 bits per heavy atom. The molecule has 148 valence electrons. The summed E-state index contributed by atoms with van der Waals surface area (Å²) in [5.41, 5.74) is 0.0765. The number of halogens is 4. The summed E-state index contributed by atoms with van der Waals surface area (Å²) in [5, 5.41) is 2.04. The zero-order valence-corrected chi connectivity index (χ0v) is 16.2. The quantitative estimate of drug-likeness (QED) is 0.494. The molecule has 0 aliphatic rings. The highest BCUT2D eigenvalue weighted by Crippen LogP contribution is 2.40. The molecule has 2 aromatic rings. The normalized spacial score (nSPS) is 13.9. The predicted octanol–water partition coefficient (Wildman–Crippen LogP) is 4.73. The number of hydrogen-bond donors (Lipinski definition) is 2. The Morgan fingerprint density at radius 2 is 2.07 bits per heavy atom. The van der Waals surface area contributed by atoms with E-state index in [1.807, 2.05) is 0 Å². The van der Waals surface area contributed by atoms with Crippen LogP contribution in [0, 0.1) is 0 Å². The molecule has 1 atom stereocenters. The second-order valence-electron chi connectivity index (χ2n) is 5.69. The van der Waals surface area contributed by atoms with Gasteiger partial charge in [0.2, 0.25) is 13.3 Å². The number of benzene rings is 1. The molecule has 2 N–H and O–H groups in total. The summed E-state index contributed by atoms with van der Waals surface area (Å²) in [7, 11) is -1.71. The van der Waals surface area contributed by atoms with Crippen molar-refractivity contribution in [2.24, 2.45) is 0 Å². The molecule has 2 rings (SSSR count). The van der Waals surface area contributed by atoms with Gasteiger partial charge in [0.25, 0.3) is 0 Å². The number of rotatable bonds is 7. The first-order valence-electron chi connectivity index (χ1n) is 7.90. The molecule has 0 fully saturated rings. The number of anilines is 2. The van der Waals surface area contributed by atoms with Gasteiger partial charge in [0.05, 0.1) is 12.8 Å². The Bertz CT molecular complexity index is 865. The van der Waals surface area contributed by atoms with Gasteiger partial charge < -0.3 is 14.9 Å². The van der Waals surface area contributed by atoms with Crippen molar-refractivity contribution in [1.82, 2.24) is 9.97 Å². The highest BCUT2D eigenvalue weighted by atomic mass is 35.5. The van der Waals surface area contributed by atoms with Crippen molar-refractivity contribution in [2.75, 3.05) is 24.8 Å². The molecule has 11 heteroatoms. The van der Waals surface area contributed by atoms with Crippen LogP contribution in [0.4, 0.5) is 24.8 Å². The van der Waals surface area contributed by atoms with E-state index < -0.39 is 24.3 Å². The van der Waals surface area contributed by atoms with E-state index in [1.165, 1.54) is 7.11 Å². The molecular formula is C16H18ClF3N3O3P. The van der Waals surface area contributed by atoms with E-state index in [-0.39, 0.29) is 18.3 Å². The molecule has 6 nitrogen and oxygen atoms in total. The third-order valence-corrected chi connectivity index (χ3v) is 6.00. The Balaban J connectivity index is 2.19. The monoisotopic (exact) mass is 423 g/mol. The fourth-order valence-electron chi connectivity index (χ4n) is 2.19. The molecular weight excluding hydrogens is 406 g/mol. The molecule has 1 unspecified atom stereocenters. The number of hydrogen-bond acceptors (Lipinski definition) is 5. The van der Waals surface area contributed by atoms with Gasteiger partial charge in [-0.25, -0.2) is 9.97 Å². The van der Waals surface area contributed by atoms with Crippen LogP contribution in [-0.4, -0.2) is 34.3 Å². The zero-order valence-electron chi connectivity index (χ0n) is 14.5. The van der Waals surface area contributed by atoms with Gasteiger partial charge in [-0.05, 0) is 24.1 Å². The van der Waals surface area contributed by atoms with Crippen LogP contribution in [0.2, 0.25) is 5.15 Å². The summed E-state index contributed by atoms with van der Waals surface area (Å²) < 4.78 is 55.1. The second-order valence-corrected chi connectivity index (χ2v) is 8.82. The van der Waals surface area contributed by atoms with E-state index in [9.17, 15) is 22.6 Å². The summed E-state index contributed by atoms with van der Waals surface area (Å²) >= 11 is 5.58. The van der Waals surface area contributed by atoms with Crippen LogP contribution in [0.5, 0.6) is 5.75 Å². The van der Waals surface area contributed by atoms with Crippen LogP contribution in [-0.2, 0) is 17.2 Å². The lowest BCUT2D eigenvalue weighted by molar-refractivity contribution is -0.137. The van der Waals surface area contributed by atoms with E-state index in [1.54, 1.807) is 25.1 Å². The van der Waals surface area contributed by atoms with Gasteiger partial charge in [0, 0.05) is 18.5 Å². The molecule has 0 aliphatic carbocycles. The van der Waals surface area contributed by atoms with Gasteiger partial charge in [-0.3, -0.25) is 4.57 Å². The molecule has 1 heterocycles. The smallest absolute Gasteiger partial charge is 0.420 e. The molecule has 1 aromatic heterocycles. The van der Waals surface area contributed by atoms with Crippen LogP contribution in [0.3, 0.4) is 0 Å². The molecule has 27 heavy (non-hydrogen) atoms. The minimum Gasteiger partial charge on any atom is -0.495 e. The van der Waals surface area contributed by atoms with Crippen molar-refractivity contribution >= 4 is 30.6 Å². The average molecular weight is 424 g/mol. The van der Waals surface area contributed by atoms with Crippen LogP contribution in [0.1, 0.15) is 18.1 Å². The summed E-state index contributed by atoms with van der Waals surface area (Å²) in [5.74, 6) is 0.265. The second kappa shape index (κ2) is 8.46. The minimum absolute atomic E-state index is 0.120. The van der Waals surface area contributed by atoms with Gasteiger partial charge in [0.15, 0.2) is 0 Å². The molecule has 1 aromatic carbocycles. The summed E-state index contributed by atoms with van der Waals surface area (Å²) in [6.07, 6.45) is -3.30. The topological polar surface area (TPSA) is 84.3 Å². The fraction of sp³-hybridized carbons (Fsp3) is 0.375. The Hall–Kier alpha value is -1.83. The number of methoxy groups -OCH3 is 1. The highest BCUT2D eigenvalue weighted by molar-refractivity contribution is 7.57. The molecule has 0 spiro atoms. The van der Waals surface area contributed by atoms with Gasteiger partial charge in [-0.2, -0.15) is 13.2 Å². The van der Waals surface area contributed by atoms with Gasteiger partial charge >= 0.3 is 6.18 Å². The number of nitrogens with one attached hydrogen (secondary N) is 1. The Morgan fingerprint density at radius 3 is 2.63 bits per heavy atom. The third-order valence-electron chi connectivity index (χ3n) is 3.80. The summed E-state index contributed by atoms with van der Waals surface area (Å²) in [6.45, 7) is 1.66. The number of nitrogens with zero attached hydrogens (tertiary/aromatic N) is 2. The SMILES string of the molecule is CCP(=O)(O)CCc1ccc(Nc2ncc(C(F)(F)F)c(Cl)n2)c(OC)c1. The van der Waals surface area contributed by atoms with Crippen molar-refractivity contribution in [3.63, 3.8) is 0 Å². The molecule has 0 saturated heterocycles. The molecule has 0 bridgehead atoms. The summed E-state index contributed by atoms with van der Waals surface area (Å²) in [6, 6.07) is 5.01. The number of aryl methyl sites for hydroxylation is 1. The first-order chi connectivity index (χ1) is 12.6. The van der Waals surface area contributed by atoms with Crippen molar-refractivity contribution < 1.29 is 27.4 Å². The van der Waals surface area contributed by atoms with Gasteiger partial charge in [-0.1, -0.05) is 24.6 Å². The molecule has 0 aliphatic heterocycles. The average Bonchev–Trinajstić information content (AvgIpc) is 2.60.